The monoisotopic (exact) mass is 336 g/mol. The van der Waals surface area contributed by atoms with Crippen molar-refractivity contribution in [2.75, 3.05) is 13.1 Å². The van der Waals surface area contributed by atoms with Gasteiger partial charge < -0.3 is 5.73 Å². The van der Waals surface area contributed by atoms with E-state index in [0.29, 0.717) is 30.6 Å². The van der Waals surface area contributed by atoms with Crippen LogP contribution in [0.2, 0.25) is 0 Å². The highest BCUT2D eigenvalue weighted by Gasteiger charge is 2.33. The molecule has 1 heterocycles. The highest BCUT2D eigenvalue weighted by Crippen LogP contribution is 2.28. The summed E-state index contributed by atoms with van der Waals surface area (Å²) in [5.41, 5.74) is 6.83. The Kier molecular flexibility index (Phi) is 5.77. The van der Waals surface area contributed by atoms with Crippen molar-refractivity contribution in [2.45, 2.75) is 38.1 Å². The van der Waals surface area contributed by atoms with E-state index in [9.17, 15) is 12.8 Å². The third-order valence-corrected chi connectivity index (χ3v) is 6.13. The van der Waals surface area contributed by atoms with Crippen molar-refractivity contribution in [3.05, 3.63) is 29.1 Å². The summed E-state index contributed by atoms with van der Waals surface area (Å²) in [6.45, 7) is 6.05. The molecule has 21 heavy (non-hydrogen) atoms. The number of piperidine rings is 1. The molecule has 0 aromatic heterocycles. The van der Waals surface area contributed by atoms with Gasteiger partial charge in [-0.05, 0) is 49.4 Å². The molecular weight excluding hydrogens is 315 g/mol. The molecule has 0 bridgehead atoms. The Morgan fingerprint density at radius 2 is 1.81 bits per heavy atom. The first-order chi connectivity index (χ1) is 9.23. The number of hydrogen-bond acceptors (Lipinski definition) is 3. The van der Waals surface area contributed by atoms with Crippen LogP contribution in [0.5, 0.6) is 0 Å². The molecule has 0 radical (unpaired) electrons. The molecule has 0 aliphatic carbocycles. The molecule has 0 spiro atoms. The second-order valence-corrected chi connectivity index (χ2v) is 7.54. The molecule has 1 aliphatic heterocycles. The van der Waals surface area contributed by atoms with Crippen LogP contribution in [0, 0.1) is 25.6 Å². The molecule has 0 saturated carbocycles. The van der Waals surface area contributed by atoms with Crippen molar-refractivity contribution in [1.29, 1.82) is 0 Å². The van der Waals surface area contributed by atoms with Gasteiger partial charge in [0.15, 0.2) is 0 Å². The number of nitrogens with zero attached hydrogens (tertiary/aromatic N) is 1. The smallest absolute Gasteiger partial charge is 0.243 e. The summed E-state index contributed by atoms with van der Waals surface area (Å²) in [4.78, 5) is 0.224. The summed E-state index contributed by atoms with van der Waals surface area (Å²) in [5.74, 6) is -0.285. The molecule has 2 atom stereocenters. The number of halogens is 2. The van der Waals surface area contributed by atoms with Crippen molar-refractivity contribution >= 4 is 22.4 Å². The predicted molar refractivity (Wildman–Crippen MR) is 83.6 cm³/mol. The molecule has 1 saturated heterocycles. The highest BCUT2D eigenvalue weighted by molar-refractivity contribution is 7.89. The number of hydrogen-bond donors (Lipinski definition) is 1. The van der Waals surface area contributed by atoms with E-state index in [1.807, 2.05) is 6.92 Å². The Hall–Kier alpha value is -0.690. The van der Waals surface area contributed by atoms with Crippen LogP contribution in [0.25, 0.3) is 0 Å². The van der Waals surface area contributed by atoms with Crippen LogP contribution in [0.3, 0.4) is 0 Å². The minimum Gasteiger partial charge on any atom is -0.327 e. The van der Waals surface area contributed by atoms with Gasteiger partial charge >= 0.3 is 0 Å². The Bertz CT molecular complexity index is 598. The van der Waals surface area contributed by atoms with Crippen LogP contribution in [-0.4, -0.2) is 31.9 Å². The summed E-state index contributed by atoms with van der Waals surface area (Å²) >= 11 is 0. The zero-order valence-electron chi connectivity index (χ0n) is 12.5. The van der Waals surface area contributed by atoms with Gasteiger partial charge in [0.25, 0.3) is 0 Å². The second-order valence-electron chi connectivity index (χ2n) is 5.66. The first-order valence-corrected chi connectivity index (χ1v) is 8.20. The highest BCUT2D eigenvalue weighted by atomic mass is 35.5. The minimum absolute atomic E-state index is 0. The summed E-state index contributed by atoms with van der Waals surface area (Å²) in [6.07, 6.45) is 0.652. The van der Waals surface area contributed by atoms with E-state index in [2.05, 4.69) is 0 Å². The number of rotatable bonds is 2. The van der Waals surface area contributed by atoms with Gasteiger partial charge in [0.1, 0.15) is 5.82 Å². The number of aryl methyl sites for hydroxylation is 2. The van der Waals surface area contributed by atoms with Gasteiger partial charge in [-0.3, -0.25) is 0 Å². The molecule has 1 aliphatic rings. The van der Waals surface area contributed by atoms with Gasteiger partial charge in [0.05, 0.1) is 4.90 Å². The molecule has 1 aromatic carbocycles. The largest absolute Gasteiger partial charge is 0.327 e. The van der Waals surface area contributed by atoms with Gasteiger partial charge in [0, 0.05) is 19.1 Å². The Morgan fingerprint density at radius 1 is 1.29 bits per heavy atom. The van der Waals surface area contributed by atoms with Crippen LogP contribution < -0.4 is 5.73 Å². The molecule has 0 amide bonds. The van der Waals surface area contributed by atoms with Gasteiger partial charge in [-0.15, -0.1) is 12.4 Å². The molecular formula is C14H22ClFN2O2S. The van der Waals surface area contributed by atoms with Crippen molar-refractivity contribution in [1.82, 2.24) is 4.31 Å². The maximum Gasteiger partial charge on any atom is 0.243 e. The van der Waals surface area contributed by atoms with E-state index in [-0.39, 0.29) is 29.3 Å². The maximum atomic E-state index is 13.3. The Balaban J connectivity index is 0.00000220. The lowest BCUT2D eigenvalue weighted by Gasteiger charge is -2.34. The van der Waals surface area contributed by atoms with E-state index in [1.165, 1.54) is 16.4 Å². The maximum absolute atomic E-state index is 13.3. The van der Waals surface area contributed by atoms with E-state index in [4.69, 9.17) is 5.73 Å². The van der Waals surface area contributed by atoms with Crippen LogP contribution in [0.15, 0.2) is 17.0 Å². The normalized spacial score (nSPS) is 23.7. The fraction of sp³-hybridized carbons (Fsp3) is 0.571. The SMILES string of the molecule is Cc1cc(F)cc(C)c1S(=O)(=O)N1CCC(N)C(C)C1.Cl. The predicted octanol–water partition coefficient (Wildman–Crippen LogP) is 2.22. The lowest BCUT2D eigenvalue weighted by atomic mass is 9.96. The standard InChI is InChI=1S/C14H21FN2O2S.ClH/c1-9-6-12(15)7-10(2)14(9)20(18,19)17-5-4-13(16)11(3)8-17;/h6-7,11,13H,4-5,8,16H2,1-3H3;1H. The molecule has 4 nitrogen and oxygen atoms in total. The summed E-state index contributed by atoms with van der Waals surface area (Å²) in [5, 5.41) is 0. The first-order valence-electron chi connectivity index (χ1n) is 6.76. The van der Waals surface area contributed by atoms with Crippen LogP contribution in [0.1, 0.15) is 24.5 Å². The van der Waals surface area contributed by atoms with Gasteiger partial charge in [-0.1, -0.05) is 6.92 Å². The lowest BCUT2D eigenvalue weighted by Crippen LogP contribution is -2.48. The zero-order chi connectivity index (χ0) is 15.1. The molecule has 1 fully saturated rings. The second kappa shape index (κ2) is 6.60. The molecule has 2 rings (SSSR count). The van der Waals surface area contributed by atoms with Crippen molar-refractivity contribution in [3.63, 3.8) is 0 Å². The summed E-state index contributed by atoms with van der Waals surface area (Å²) in [7, 11) is -3.59. The molecule has 7 heteroatoms. The molecule has 120 valence electrons. The van der Waals surface area contributed by atoms with Crippen molar-refractivity contribution in [3.8, 4) is 0 Å². The average molecular weight is 337 g/mol. The Labute approximate surface area is 132 Å². The Morgan fingerprint density at radius 3 is 2.29 bits per heavy atom. The topological polar surface area (TPSA) is 63.4 Å². The fourth-order valence-corrected chi connectivity index (χ4v) is 4.74. The first kappa shape index (κ1) is 18.4. The van der Waals surface area contributed by atoms with Crippen molar-refractivity contribution < 1.29 is 12.8 Å². The van der Waals surface area contributed by atoms with Crippen LogP contribution in [-0.2, 0) is 10.0 Å². The summed E-state index contributed by atoms with van der Waals surface area (Å²) in [6, 6.07) is 2.56. The van der Waals surface area contributed by atoms with Gasteiger partial charge in [-0.25, -0.2) is 12.8 Å². The van der Waals surface area contributed by atoms with E-state index < -0.39 is 15.8 Å². The van der Waals surface area contributed by atoms with Crippen LogP contribution >= 0.6 is 12.4 Å². The lowest BCUT2D eigenvalue weighted by molar-refractivity contribution is 0.250. The average Bonchev–Trinajstić information content (AvgIpc) is 2.30. The van der Waals surface area contributed by atoms with E-state index in [1.54, 1.807) is 13.8 Å². The molecule has 1 aromatic rings. The van der Waals surface area contributed by atoms with E-state index >= 15 is 0 Å². The minimum atomic E-state index is -3.59. The van der Waals surface area contributed by atoms with E-state index in [0.717, 1.165) is 0 Å². The summed E-state index contributed by atoms with van der Waals surface area (Å²) < 4.78 is 40.3. The van der Waals surface area contributed by atoms with Gasteiger partial charge in [-0.2, -0.15) is 4.31 Å². The number of sulfonamides is 1. The zero-order valence-corrected chi connectivity index (χ0v) is 14.1. The number of nitrogens with two attached hydrogens (primary N) is 1. The van der Waals surface area contributed by atoms with Gasteiger partial charge in [0.2, 0.25) is 10.0 Å². The third kappa shape index (κ3) is 3.56. The quantitative estimate of drug-likeness (QED) is 0.900. The third-order valence-electron chi connectivity index (χ3n) is 3.96. The molecule has 2 N–H and O–H groups in total. The molecule has 2 unspecified atom stereocenters. The van der Waals surface area contributed by atoms with Crippen molar-refractivity contribution in [2.24, 2.45) is 11.7 Å². The fourth-order valence-electron chi connectivity index (χ4n) is 2.78. The van der Waals surface area contributed by atoms with Crippen LogP contribution in [0.4, 0.5) is 4.39 Å². The number of benzene rings is 1.